The topological polar surface area (TPSA) is 27.8 Å². The van der Waals surface area contributed by atoms with Gasteiger partial charge in [-0.3, -0.25) is 0 Å². The summed E-state index contributed by atoms with van der Waals surface area (Å²) < 4.78 is 1.15. The Morgan fingerprint density at radius 3 is 3.13 bits per heavy atom. The zero-order valence-electron chi connectivity index (χ0n) is 8.60. The molecule has 1 atom stereocenters. The molecule has 1 aromatic carbocycles. The number of benzene rings is 1. The first-order valence-corrected chi connectivity index (χ1v) is 6.05. The van der Waals surface area contributed by atoms with Crippen molar-refractivity contribution in [1.29, 1.82) is 0 Å². The van der Waals surface area contributed by atoms with Crippen LogP contribution in [-0.4, -0.2) is 11.0 Å². The van der Waals surface area contributed by atoms with E-state index in [0.717, 1.165) is 17.4 Å². The summed E-state index contributed by atoms with van der Waals surface area (Å²) in [4.78, 5) is 3.51. The van der Waals surface area contributed by atoms with Gasteiger partial charge in [0.05, 0.1) is 0 Å². The van der Waals surface area contributed by atoms with Crippen LogP contribution in [0.2, 0.25) is 0 Å². The van der Waals surface area contributed by atoms with E-state index < -0.39 is 0 Å². The van der Waals surface area contributed by atoms with Crippen molar-refractivity contribution in [2.75, 3.05) is 0 Å². The van der Waals surface area contributed by atoms with Gasteiger partial charge in [0.1, 0.15) is 0 Å². The largest absolute Gasteiger partial charge is 0.358 e. The van der Waals surface area contributed by atoms with Crippen LogP contribution in [0.15, 0.2) is 22.7 Å². The maximum Gasteiger partial charge on any atom is 0.0460 e. The minimum Gasteiger partial charge on any atom is -0.358 e. The molecular weight excluding hydrogens is 252 g/mol. The molecule has 2 N–H and O–H groups in total. The highest BCUT2D eigenvalue weighted by atomic mass is 79.9. The van der Waals surface area contributed by atoms with Crippen molar-refractivity contribution in [3.63, 3.8) is 0 Å². The van der Waals surface area contributed by atoms with E-state index in [9.17, 15) is 0 Å². The highest BCUT2D eigenvalue weighted by molar-refractivity contribution is 9.10. The van der Waals surface area contributed by atoms with Crippen LogP contribution in [-0.2, 0) is 13.0 Å². The van der Waals surface area contributed by atoms with E-state index in [0.29, 0.717) is 6.04 Å². The lowest BCUT2D eigenvalue weighted by Crippen LogP contribution is -2.32. The van der Waals surface area contributed by atoms with Gasteiger partial charge in [0, 0.05) is 40.1 Å². The average molecular weight is 265 g/mol. The molecule has 0 fully saturated rings. The summed E-state index contributed by atoms with van der Waals surface area (Å²) in [5.41, 5.74) is 4.08. The number of aromatic nitrogens is 1. The predicted octanol–water partition coefficient (Wildman–Crippen LogP) is 2.96. The van der Waals surface area contributed by atoms with E-state index in [1.165, 1.54) is 22.2 Å². The van der Waals surface area contributed by atoms with Crippen molar-refractivity contribution < 1.29 is 0 Å². The van der Waals surface area contributed by atoms with Crippen molar-refractivity contribution in [2.45, 2.75) is 25.9 Å². The van der Waals surface area contributed by atoms with Crippen LogP contribution in [0.3, 0.4) is 0 Å². The first-order chi connectivity index (χ1) is 7.24. The molecule has 0 spiro atoms. The number of nitrogens with one attached hydrogen (secondary N) is 2. The molecule has 15 heavy (non-hydrogen) atoms. The van der Waals surface area contributed by atoms with E-state index in [2.05, 4.69) is 51.4 Å². The summed E-state index contributed by atoms with van der Waals surface area (Å²) in [6, 6.07) is 7.00. The van der Waals surface area contributed by atoms with Crippen LogP contribution in [0, 0.1) is 0 Å². The molecule has 1 aliphatic rings. The van der Waals surface area contributed by atoms with Gasteiger partial charge in [-0.25, -0.2) is 0 Å². The number of aromatic amines is 1. The molecule has 1 unspecified atom stereocenters. The monoisotopic (exact) mass is 264 g/mol. The third-order valence-electron chi connectivity index (χ3n) is 3.09. The van der Waals surface area contributed by atoms with Gasteiger partial charge in [0.2, 0.25) is 0 Å². The lowest BCUT2D eigenvalue weighted by molar-refractivity contribution is 0.511. The molecule has 0 amide bonds. The number of fused-ring (bicyclic) bond motifs is 3. The summed E-state index contributed by atoms with van der Waals surface area (Å²) in [5, 5.41) is 4.85. The molecule has 0 saturated carbocycles. The average Bonchev–Trinajstić information content (AvgIpc) is 2.54. The fourth-order valence-corrected chi connectivity index (χ4v) is 2.67. The molecule has 1 aromatic heterocycles. The van der Waals surface area contributed by atoms with Gasteiger partial charge in [0.25, 0.3) is 0 Å². The van der Waals surface area contributed by atoms with Gasteiger partial charge < -0.3 is 10.3 Å². The van der Waals surface area contributed by atoms with Crippen LogP contribution in [0.25, 0.3) is 10.9 Å². The highest BCUT2D eigenvalue weighted by Crippen LogP contribution is 2.28. The first kappa shape index (κ1) is 9.43. The Labute approximate surface area is 97.2 Å². The summed E-state index contributed by atoms with van der Waals surface area (Å²) in [6.45, 7) is 3.21. The Kier molecular flexibility index (Phi) is 2.11. The fourth-order valence-electron chi connectivity index (χ4n) is 2.31. The Bertz CT molecular complexity index is 516. The lowest BCUT2D eigenvalue weighted by atomic mass is 10.0. The molecule has 2 heterocycles. The second-order valence-electron chi connectivity index (χ2n) is 4.26. The Hall–Kier alpha value is -0.800. The zero-order valence-corrected chi connectivity index (χ0v) is 10.2. The minimum absolute atomic E-state index is 0.578. The molecular formula is C12H13BrN2. The normalized spacial score (nSPS) is 20.5. The Balaban J connectivity index is 2.24. The van der Waals surface area contributed by atoms with E-state index in [1.807, 2.05) is 0 Å². The molecule has 0 saturated heterocycles. The molecule has 2 aromatic rings. The number of H-pyrrole nitrogens is 1. The van der Waals surface area contributed by atoms with E-state index >= 15 is 0 Å². The second-order valence-corrected chi connectivity index (χ2v) is 5.17. The van der Waals surface area contributed by atoms with Crippen LogP contribution in [0.5, 0.6) is 0 Å². The molecule has 0 radical (unpaired) electrons. The number of hydrogen-bond acceptors (Lipinski definition) is 1. The number of hydrogen-bond donors (Lipinski definition) is 2. The van der Waals surface area contributed by atoms with Gasteiger partial charge in [0.15, 0.2) is 0 Å². The zero-order chi connectivity index (χ0) is 10.4. The van der Waals surface area contributed by atoms with Crippen LogP contribution in [0.1, 0.15) is 18.2 Å². The Morgan fingerprint density at radius 1 is 1.40 bits per heavy atom. The lowest BCUT2D eigenvalue weighted by Gasteiger charge is -2.20. The molecule has 2 nitrogen and oxygen atoms in total. The second kappa shape index (κ2) is 3.35. The van der Waals surface area contributed by atoms with Crippen molar-refractivity contribution in [2.24, 2.45) is 0 Å². The molecule has 0 bridgehead atoms. The first-order valence-electron chi connectivity index (χ1n) is 5.26. The molecule has 0 aliphatic carbocycles. The van der Waals surface area contributed by atoms with Gasteiger partial charge in [-0.05, 0) is 30.7 Å². The molecule has 78 valence electrons. The van der Waals surface area contributed by atoms with Crippen molar-refractivity contribution in [3.05, 3.63) is 33.9 Å². The van der Waals surface area contributed by atoms with Gasteiger partial charge in [-0.15, -0.1) is 0 Å². The maximum absolute atomic E-state index is 3.52. The van der Waals surface area contributed by atoms with Crippen molar-refractivity contribution in [1.82, 2.24) is 10.3 Å². The standard InChI is InChI=1S/C12H13BrN2/c1-7-4-12-10(6-14-7)9-5-8(13)2-3-11(9)15-12/h2-3,5,7,14-15H,4,6H2,1H3. The van der Waals surface area contributed by atoms with Gasteiger partial charge in [-0.2, -0.15) is 0 Å². The SMILES string of the molecule is CC1Cc2[nH]c3ccc(Br)cc3c2CN1. The third-order valence-corrected chi connectivity index (χ3v) is 3.59. The highest BCUT2D eigenvalue weighted by Gasteiger charge is 2.18. The maximum atomic E-state index is 3.52. The predicted molar refractivity (Wildman–Crippen MR) is 66.0 cm³/mol. The summed E-state index contributed by atoms with van der Waals surface area (Å²) in [6.07, 6.45) is 1.10. The van der Waals surface area contributed by atoms with Crippen LogP contribution < -0.4 is 5.32 Å². The van der Waals surface area contributed by atoms with Crippen LogP contribution >= 0.6 is 15.9 Å². The molecule has 1 aliphatic heterocycles. The molecule has 3 rings (SSSR count). The van der Waals surface area contributed by atoms with Crippen molar-refractivity contribution >= 4 is 26.8 Å². The summed E-state index contributed by atoms with van der Waals surface area (Å²) in [7, 11) is 0. The van der Waals surface area contributed by atoms with E-state index in [4.69, 9.17) is 0 Å². The fraction of sp³-hybridized carbons (Fsp3) is 0.333. The number of rotatable bonds is 0. The van der Waals surface area contributed by atoms with Crippen LogP contribution in [0.4, 0.5) is 0 Å². The van der Waals surface area contributed by atoms with E-state index in [1.54, 1.807) is 0 Å². The summed E-state index contributed by atoms with van der Waals surface area (Å²) in [5.74, 6) is 0. The van der Waals surface area contributed by atoms with Gasteiger partial charge >= 0.3 is 0 Å². The minimum atomic E-state index is 0.578. The quantitative estimate of drug-likeness (QED) is 0.753. The van der Waals surface area contributed by atoms with Gasteiger partial charge in [-0.1, -0.05) is 15.9 Å². The smallest absolute Gasteiger partial charge is 0.0460 e. The van der Waals surface area contributed by atoms with Crippen molar-refractivity contribution in [3.8, 4) is 0 Å². The Morgan fingerprint density at radius 2 is 2.27 bits per heavy atom. The number of halogens is 1. The molecule has 3 heteroatoms. The third kappa shape index (κ3) is 1.50. The van der Waals surface area contributed by atoms with E-state index in [-0.39, 0.29) is 0 Å². The summed E-state index contributed by atoms with van der Waals surface area (Å²) >= 11 is 3.52.